The Labute approximate surface area is 129 Å². The molecule has 0 radical (unpaired) electrons. The molecule has 2 fully saturated rings. The Morgan fingerprint density at radius 3 is 2.48 bits per heavy atom. The maximum atomic E-state index is 5.76. The molecule has 116 valence electrons. The largest absolute Gasteiger partial charge is 0.494 e. The summed E-state index contributed by atoms with van der Waals surface area (Å²) < 4.78 is 5.76. The van der Waals surface area contributed by atoms with Gasteiger partial charge in [0, 0.05) is 13.1 Å². The van der Waals surface area contributed by atoms with E-state index in [0.29, 0.717) is 11.3 Å². The van der Waals surface area contributed by atoms with Gasteiger partial charge in [0.25, 0.3) is 0 Å². The van der Waals surface area contributed by atoms with Gasteiger partial charge >= 0.3 is 0 Å². The normalized spacial score (nSPS) is 19.8. The van der Waals surface area contributed by atoms with E-state index in [1.165, 1.54) is 37.8 Å². The van der Waals surface area contributed by atoms with E-state index in [-0.39, 0.29) is 0 Å². The molecule has 2 aliphatic rings. The van der Waals surface area contributed by atoms with Gasteiger partial charge in [-0.15, -0.1) is 0 Å². The highest BCUT2D eigenvalue weighted by Crippen LogP contribution is 2.60. The molecule has 0 amide bonds. The molecule has 0 spiro atoms. The lowest BCUT2D eigenvalue weighted by atomic mass is 10.0. The van der Waals surface area contributed by atoms with Crippen LogP contribution in [0.2, 0.25) is 0 Å². The van der Waals surface area contributed by atoms with Crippen molar-refractivity contribution in [3.05, 3.63) is 29.8 Å². The molecule has 3 rings (SSSR count). The van der Waals surface area contributed by atoms with E-state index in [2.05, 4.69) is 43.4 Å². The molecule has 0 unspecified atom stereocenters. The smallest absolute Gasteiger partial charge is 0.119 e. The first-order valence-electron chi connectivity index (χ1n) is 8.60. The highest BCUT2D eigenvalue weighted by atomic mass is 16.5. The molecule has 1 aromatic carbocycles. The SMILES string of the molecule is CC(C)CCOc1ccc(CNCC2(C3CC3)CC2)cc1. The third-order valence-corrected chi connectivity index (χ3v) is 5.03. The second-order valence-corrected chi connectivity index (χ2v) is 7.42. The molecule has 0 saturated heterocycles. The van der Waals surface area contributed by atoms with Crippen LogP contribution in [-0.2, 0) is 6.54 Å². The Morgan fingerprint density at radius 1 is 1.19 bits per heavy atom. The van der Waals surface area contributed by atoms with Gasteiger partial charge in [-0.2, -0.15) is 0 Å². The van der Waals surface area contributed by atoms with Gasteiger partial charge in [-0.05, 0) is 67.1 Å². The summed E-state index contributed by atoms with van der Waals surface area (Å²) in [5.41, 5.74) is 2.05. The van der Waals surface area contributed by atoms with E-state index >= 15 is 0 Å². The number of rotatable bonds is 9. The van der Waals surface area contributed by atoms with Crippen molar-refractivity contribution in [2.75, 3.05) is 13.2 Å². The summed E-state index contributed by atoms with van der Waals surface area (Å²) in [6, 6.07) is 8.58. The van der Waals surface area contributed by atoms with Crippen molar-refractivity contribution >= 4 is 0 Å². The van der Waals surface area contributed by atoms with Crippen LogP contribution in [-0.4, -0.2) is 13.2 Å². The predicted octanol–water partition coefficient (Wildman–Crippen LogP) is 4.39. The number of nitrogens with one attached hydrogen (secondary N) is 1. The second-order valence-electron chi connectivity index (χ2n) is 7.42. The summed E-state index contributed by atoms with van der Waals surface area (Å²) in [4.78, 5) is 0. The first-order chi connectivity index (χ1) is 10.2. The highest BCUT2D eigenvalue weighted by molar-refractivity contribution is 5.27. The van der Waals surface area contributed by atoms with Gasteiger partial charge in [0.15, 0.2) is 0 Å². The quantitative estimate of drug-likeness (QED) is 0.727. The molecular weight excluding hydrogens is 258 g/mol. The van der Waals surface area contributed by atoms with Crippen LogP contribution < -0.4 is 10.1 Å². The zero-order chi connectivity index (χ0) is 14.7. The fourth-order valence-corrected chi connectivity index (χ4v) is 3.16. The monoisotopic (exact) mass is 287 g/mol. The van der Waals surface area contributed by atoms with Gasteiger partial charge in [0.2, 0.25) is 0 Å². The Morgan fingerprint density at radius 2 is 1.90 bits per heavy atom. The maximum Gasteiger partial charge on any atom is 0.119 e. The molecule has 0 aromatic heterocycles. The Hall–Kier alpha value is -1.02. The van der Waals surface area contributed by atoms with Crippen LogP contribution in [0.4, 0.5) is 0 Å². The molecule has 2 heteroatoms. The minimum absolute atomic E-state index is 0.694. The second kappa shape index (κ2) is 6.39. The fourth-order valence-electron chi connectivity index (χ4n) is 3.16. The standard InChI is InChI=1S/C19H29NO/c1-15(2)9-12-21-18-7-3-16(4-8-18)13-20-14-19(10-11-19)17-5-6-17/h3-4,7-8,15,17,20H,5-6,9-14H2,1-2H3. The zero-order valence-corrected chi connectivity index (χ0v) is 13.5. The van der Waals surface area contributed by atoms with E-state index in [1.54, 1.807) is 0 Å². The number of benzene rings is 1. The van der Waals surface area contributed by atoms with Crippen LogP contribution in [0.5, 0.6) is 5.75 Å². The Bertz CT molecular complexity index is 443. The molecular formula is C19H29NO. The van der Waals surface area contributed by atoms with Crippen LogP contribution >= 0.6 is 0 Å². The number of hydrogen-bond acceptors (Lipinski definition) is 2. The van der Waals surface area contributed by atoms with E-state index in [4.69, 9.17) is 4.74 Å². The van der Waals surface area contributed by atoms with Gasteiger partial charge in [0.05, 0.1) is 6.61 Å². The van der Waals surface area contributed by atoms with Crippen molar-refractivity contribution in [3.63, 3.8) is 0 Å². The highest BCUT2D eigenvalue weighted by Gasteiger charge is 2.53. The molecule has 2 nitrogen and oxygen atoms in total. The van der Waals surface area contributed by atoms with Gasteiger partial charge in [-0.3, -0.25) is 0 Å². The van der Waals surface area contributed by atoms with Crippen molar-refractivity contribution in [2.24, 2.45) is 17.3 Å². The van der Waals surface area contributed by atoms with Crippen LogP contribution in [0, 0.1) is 17.3 Å². The van der Waals surface area contributed by atoms with Crippen molar-refractivity contribution in [1.29, 1.82) is 0 Å². The van der Waals surface area contributed by atoms with Crippen LogP contribution in [0.25, 0.3) is 0 Å². The van der Waals surface area contributed by atoms with Gasteiger partial charge in [0.1, 0.15) is 5.75 Å². The first kappa shape index (κ1) is 14.9. The van der Waals surface area contributed by atoms with Gasteiger partial charge in [-0.1, -0.05) is 26.0 Å². The van der Waals surface area contributed by atoms with Crippen molar-refractivity contribution in [1.82, 2.24) is 5.32 Å². The summed E-state index contributed by atoms with van der Waals surface area (Å²) in [5.74, 6) is 2.74. The van der Waals surface area contributed by atoms with Crippen molar-refractivity contribution in [2.45, 2.75) is 52.5 Å². The lowest BCUT2D eigenvalue weighted by Gasteiger charge is -2.15. The summed E-state index contributed by atoms with van der Waals surface area (Å²) in [6.45, 7) is 7.48. The van der Waals surface area contributed by atoms with Crippen molar-refractivity contribution < 1.29 is 4.74 Å². The molecule has 0 atom stereocenters. The van der Waals surface area contributed by atoms with Crippen LogP contribution in [0.15, 0.2) is 24.3 Å². The molecule has 0 bridgehead atoms. The maximum absolute atomic E-state index is 5.76. The summed E-state index contributed by atoms with van der Waals surface area (Å²) in [5, 5.41) is 3.66. The molecule has 1 aromatic rings. The van der Waals surface area contributed by atoms with Crippen molar-refractivity contribution in [3.8, 4) is 5.75 Å². The summed E-state index contributed by atoms with van der Waals surface area (Å²) >= 11 is 0. The van der Waals surface area contributed by atoms with Gasteiger partial charge in [-0.25, -0.2) is 0 Å². The average Bonchev–Trinajstić information content (AvgIpc) is 3.34. The minimum atomic E-state index is 0.694. The van der Waals surface area contributed by atoms with E-state index in [0.717, 1.165) is 31.2 Å². The van der Waals surface area contributed by atoms with E-state index < -0.39 is 0 Å². The molecule has 2 aliphatic carbocycles. The average molecular weight is 287 g/mol. The Balaban J connectivity index is 1.38. The minimum Gasteiger partial charge on any atom is -0.494 e. The first-order valence-corrected chi connectivity index (χ1v) is 8.60. The van der Waals surface area contributed by atoms with Crippen LogP contribution in [0.1, 0.15) is 51.5 Å². The molecule has 2 saturated carbocycles. The topological polar surface area (TPSA) is 21.3 Å². The Kier molecular flexibility index (Phi) is 4.54. The zero-order valence-electron chi connectivity index (χ0n) is 13.5. The molecule has 0 aliphatic heterocycles. The third-order valence-electron chi connectivity index (χ3n) is 5.03. The fraction of sp³-hybridized carbons (Fsp3) is 0.684. The third kappa shape index (κ3) is 4.23. The lowest BCUT2D eigenvalue weighted by molar-refractivity contribution is 0.289. The predicted molar refractivity (Wildman–Crippen MR) is 87.5 cm³/mol. The van der Waals surface area contributed by atoms with Gasteiger partial charge < -0.3 is 10.1 Å². The lowest BCUT2D eigenvalue weighted by Crippen LogP contribution is -2.24. The number of ether oxygens (including phenoxy) is 1. The molecule has 21 heavy (non-hydrogen) atoms. The summed E-state index contributed by atoms with van der Waals surface area (Å²) in [7, 11) is 0. The van der Waals surface area contributed by atoms with E-state index in [9.17, 15) is 0 Å². The molecule has 0 heterocycles. The summed E-state index contributed by atoms with van der Waals surface area (Å²) in [6.07, 6.45) is 6.97. The number of hydrogen-bond donors (Lipinski definition) is 1. The van der Waals surface area contributed by atoms with Crippen LogP contribution in [0.3, 0.4) is 0 Å². The van der Waals surface area contributed by atoms with E-state index in [1.807, 2.05) is 0 Å². The molecule has 1 N–H and O–H groups in total.